The zero-order valence-corrected chi connectivity index (χ0v) is 6.39. The SMILES string of the molecule is CN1CC23COCC2(C1)C3. The van der Waals surface area contributed by atoms with Gasteiger partial charge in [-0.1, -0.05) is 0 Å². The Hall–Kier alpha value is -0.0800. The molecule has 10 heavy (non-hydrogen) atoms. The number of hydrogen-bond donors (Lipinski definition) is 0. The summed E-state index contributed by atoms with van der Waals surface area (Å²) in [5.74, 6) is 0. The van der Waals surface area contributed by atoms with Gasteiger partial charge in [0.25, 0.3) is 0 Å². The van der Waals surface area contributed by atoms with Gasteiger partial charge in [-0.25, -0.2) is 0 Å². The summed E-state index contributed by atoms with van der Waals surface area (Å²) in [6.07, 6.45) is 1.45. The second-order valence-electron chi connectivity index (χ2n) is 4.40. The first kappa shape index (κ1) is 5.56. The van der Waals surface area contributed by atoms with Gasteiger partial charge in [0, 0.05) is 23.9 Å². The van der Waals surface area contributed by atoms with Crippen LogP contribution in [0.5, 0.6) is 0 Å². The Morgan fingerprint density at radius 3 is 2.40 bits per heavy atom. The van der Waals surface area contributed by atoms with Crippen molar-refractivity contribution >= 4 is 0 Å². The highest BCUT2D eigenvalue weighted by atomic mass is 16.5. The molecule has 0 bridgehead atoms. The molecule has 2 heteroatoms. The maximum Gasteiger partial charge on any atom is 0.0541 e. The number of rotatable bonds is 0. The highest BCUT2D eigenvalue weighted by Gasteiger charge is 2.74. The van der Waals surface area contributed by atoms with Gasteiger partial charge < -0.3 is 9.64 Å². The number of ether oxygens (including phenoxy) is 1. The van der Waals surface area contributed by atoms with Crippen LogP contribution in [0.2, 0.25) is 0 Å². The van der Waals surface area contributed by atoms with Gasteiger partial charge in [0.15, 0.2) is 0 Å². The summed E-state index contributed by atoms with van der Waals surface area (Å²) in [7, 11) is 2.22. The summed E-state index contributed by atoms with van der Waals surface area (Å²) in [6.45, 7) is 4.65. The van der Waals surface area contributed by atoms with Gasteiger partial charge in [-0.15, -0.1) is 0 Å². The fraction of sp³-hybridized carbons (Fsp3) is 1.00. The summed E-state index contributed by atoms with van der Waals surface area (Å²) in [5, 5.41) is 0. The van der Waals surface area contributed by atoms with Crippen LogP contribution >= 0.6 is 0 Å². The average Bonchev–Trinajstić information content (AvgIpc) is 2.15. The van der Waals surface area contributed by atoms with E-state index >= 15 is 0 Å². The third-order valence-electron chi connectivity index (χ3n) is 3.58. The van der Waals surface area contributed by atoms with Crippen LogP contribution in [-0.4, -0.2) is 38.3 Å². The first-order valence-corrected chi connectivity index (χ1v) is 4.03. The second-order valence-corrected chi connectivity index (χ2v) is 4.40. The van der Waals surface area contributed by atoms with Gasteiger partial charge in [0.1, 0.15) is 0 Å². The van der Waals surface area contributed by atoms with Gasteiger partial charge in [0.2, 0.25) is 0 Å². The van der Waals surface area contributed by atoms with Crippen molar-refractivity contribution in [3.8, 4) is 0 Å². The van der Waals surface area contributed by atoms with Crippen LogP contribution in [0.3, 0.4) is 0 Å². The zero-order valence-electron chi connectivity index (χ0n) is 6.39. The van der Waals surface area contributed by atoms with Gasteiger partial charge in [0.05, 0.1) is 13.2 Å². The van der Waals surface area contributed by atoms with Crippen LogP contribution in [0.15, 0.2) is 0 Å². The molecule has 3 rings (SSSR count). The molecule has 2 aliphatic heterocycles. The molecule has 2 nitrogen and oxygen atoms in total. The standard InChI is InChI=1S/C8H13NO/c1-9-3-7-2-8(7,4-9)6-10-5-7/h2-6H2,1H3. The number of nitrogens with zero attached hydrogens (tertiary/aromatic N) is 1. The molecular weight excluding hydrogens is 126 g/mol. The molecule has 3 aliphatic rings. The van der Waals surface area contributed by atoms with Gasteiger partial charge >= 0.3 is 0 Å². The van der Waals surface area contributed by atoms with Crippen LogP contribution in [-0.2, 0) is 4.74 Å². The Kier molecular flexibility index (Phi) is 0.710. The lowest BCUT2D eigenvalue weighted by Gasteiger charge is -2.17. The summed E-state index contributed by atoms with van der Waals surface area (Å²) in [6, 6.07) is 0. The van der Waals surface area contributed by atoms with Crippen molar-refractivity contribution in [3.63, 3.8) is 0 Å². The Balaban J connectivity index is 1.97. The molecule has 56 valence electrons. The molecule has 2 heterocycles. The van der Waals surface area contributed by atoms with Crippen molar-refractivity contribution in [3.05, 3.63) is 0 Å². The Labute approximate surface area is 61.1 Å². The second kappa shape index (κ2) is 1.28. The first-order valence-electron chi connectivity index (χ1n) is 4.03. The molecule has 2 saturated heterocycles. The summed E-state index contributed by atoms with van der Waals surface area (Å²) in [4.78, 5) is 2.45. The highest BCUT2D eigenvalue weighted by Crippen LogP contribution is 2.71. The minimum absolute atomic E-state index is 0.627. The number of hydrogen-bond acceptors (Lipinski definition) is 2. The van der Waals surface area contributed by atoms with E-state index in [1.54, 1.807) is 0 Å². The highest BCUT2D eigenvalue weighted by molar-refractivity contribution is 5.23. The molecule has 1 aliphatic carbocycles. The molecule has 0 spiro atoms. The maximum atomic E-state index is 5.48. The smallest absolute Gasteiger partial charge is 0.0541 e. The quantitative estimate of drug-likeness (QED) is 0.480. The van der Waals surface area contributed by atoms with E-state index in [1.165, 1.54) is 19.5 Å². The lowest BCUT2D eigenvalue weighted by Crippen LogP contribution is -2.25. The van der Waals surface area contributed by atoms with E-state index in [0.717, 1.165) is 13.2 Å². The van der Waals surface area contributed by atoms with Gasteiger partial charge in [-0.05, 0) is 13.5 Å². The summed E-state index contributed by atoms with van der Waals surface area (Å²) < 4.78 is 5.48. The third-order valence-corrected chi connectivity index (χ3v) is 3.58. The fourth-order valence-electron chi connectivity index (χ4n) is 3.08. The normalized spacial score (nSPS) is 58.5. The van der Waals surface area contributed by atoms with Gasteiger partial charge in [-0.3, -0.25) is 0 Å². The van der Waals surface area contributed by atoms with Crippen molar-refractivity contribution in [2.24, 2.45) is 10.8 Å². The molecule has 0 aromatic carbocycles. The van der Waals surface area contributed by atoms with Crippen molar-refractivity contribution < 1.29 is 4.74 Å². The number of likely N-dealkylation sites (tertiary alicyclic amines) is 1. The first-order chi connectivity index (χ1) is 4.77. The lowest BCUT2D eigenvalue weighted by atomic mass is 10.0. The van der Waals surface area contributed by atoms with E-state index in [9.17, 15) is 0 Å². The molecule has 0 aromatic heterocycles. The third kappa shape index (κ3) is 0.397. The maximum absolute atomic E-state index is 5.48. The van der Waals surface area contributed by atoms with E-state index in [4.69, 9.17) is 4.74 Å². The van der Waals surface area contributed by atoms with Crippen LogP contribution in [0.4, 0.5) is 0 Å². The predicted octanol–water partition coefficient (Wildman–Crippen LogP) is 0.339. The van der Waals surface area contributed by atoms with Crippen LogP contribution in [0.25, 0.3) is 0 Å². The van der Waals surface area contributed by atoms with Crippen molar-refractivity contribution in [2.75, 3.05) is 33.4 Å². The minimum Gasteiger partial charge on any atom is -0.380 e. The molecule has 3 fully saturated rings. The van der Waals surface area contributed by atoms with E-state index < -0.39 is 0 Å². The van der Waals surface area contributed by atoms with Crippen LogP contribution in [0, 0.1) is 10.8 Å². The van der Waals surface area contributed by atoms with E-state index in [-0.39, 0.29) is 0 Å². The molecular formula is C8H13NO. The lowest BCUT2D eigenvalue weighted by molar-refractivity contribution is 0.105. The zero-order chi connectivity index (χ0) is 6.82. The molecule has 0 N–H and O–H groups in total. The molecule has 0 radical (unpaired) electrons. The van der Waals surface area contributed by atoms with Crippen LogP contribution in [0.1, 0.15) is 6.42 Å². The largest absolute Gasteiger partial charge is 0.380 e. The van der Waals surface area contributed by atoms with Crippen LogP contribution < -0.4 is 0 Å². The topological polar surface area (TPSA) is 12.5 Å². The van der Waals surface area contributed by atoms with Crippen molar-refractivity contribution in [1.29, 1.82) is 0 Å². The Morgan fingerprint density at radius 1 is 1.20 bits per heavy atom. The molecule has 0 aromatic rings. The summed E-state index contributed by atoms with van der Waals surface area (Å²) >= 11 is 0. The van der Waals surface area contributed by atoms with Gasteiger partial charge in [-0.2, -0.15) is 0 Å². The van der Waals surface area contributed by atoms with Crippen molar-refractivity contribution in [1.82, 2.24) is 4.90 Å². The molecule has 2 unspecified atom stereocenters. The Bertz CT molecular complexity index is 168. The average molecular weight is 139 g/mol. The van der Waals surface area contributed by atoms with E-state index in [0.29, 0.717) is 10.8 Å². The van der Waals surface area contributed by atoms with Crippen molar-refractivity contribution in [2.45, 2.75) is 6.42 Å². The number of piperidine rings is 1. The molecule has 1 saturated carbocycles. The predicted molar refractivity (Wildman–Crippen MR) is 37.8 cm³/mol. The van der Waals surface area contributed by atoms with E-state index in [1.807, 2.05) is 0 Å². The Morgan fingerprint density at radius 2 is 1.80 bits per heavy atom. The minimum atomic E-state index is 0.627. The van der Waals surface area contributed by atoms with E-state index in [2.05, 4.69) is 11.9 Å². The summed E-state index contributed by atoms with van der Waals surface area (Å²) in [5.41, 5.74) is 1.25. The molecule has 2 atom stereocenters. The molecule has 0 amide bonds. The monoisotopic (exact) mass is 139 g/mol. The fourth-order valence-corrected chi connectivity index (χ4v) is 3.08.